The summed E-state index contributed by atoms with van der Waals surface area (Å²) in [7, 11) is 1.60. The molecule has 0 aliphatic heterocycles. The van der Waals surface area contributed by atoms with Crippen LogP contribution >= 0.6 is 15.9 Å². The highest BCUT2D eigenvalue weighted by molar-refractivity contribution is 9.10. The molecule has 2 aromatic carbocycles. The van der Waals surface area contributed by atoms with Crippen LogP contribution in [-0.2, 0) is 11.3 Å². The first-order chi connectivity index (χ1) is 11.7. The molecule has 0 spiro atoms. The van der Waals surface area contributed by atoms with Crippen LogP contribution in [-0.4, -0.2) is 23.3 Å². The zero-order valence-corrected chi connectivity index (χ0v) is 14.3. The average molecular weight is 389 g/mol. The van der Waals surface area contributed by atoms with E-state index in [0.29, 0.717) is 11.5 Å². The van der Waals surface area contributed by atoms with E-state index in [2.05, 4.69) is 26.1 Å². The smallest absolute Gasteiger partial charge is 0.338 e. The van der Waals surface area contributed by atoms with Crippen LogP contribution in [0, 0.1) is 0 Å². The van der Waals surface area contributed by atoms with Gasteiger partial charge in [-0.05, 0) is 57.9 Å². The molecule has 0 atom stereocenters. The van der Waals surface area contributed by atoms with Crippen molar-refractivity contribution in [3.8, 4) is 17.2 Å². The first-order valence-electron chi connectivity index (χ1n) is 7.03. The van der Waals surface area contributed by atoms with Crippen LogP contribution in [0.3, 0.4) is 0 Å². The standard InChI is InChI=1S/C17H13BrN2O4/c1-22-15-7-2-11(8-14(15)18)9-23-17(21)13-5-3-12(4-6-13)16-20-19-10-24-16/h2-8,10H,9H2,1H3. The van der Waals surface area contributed by atoms with E-state index in [0.717, 1.165) is 21.3 Å². The molecule has 0 fully saturated rings. The van der Waals surface area contributed by atoms with E-state index in [-0.39, 0.29) is 6.61 Å². The number of aromatic nitrogens is 2. The Labute approximate surface area is 146 Å². The number of ether oxygens (including phenoxy) is 2. The van der Waals surface area contributed by atoms with Gasteiger partial charge in [-0.15, -0.1) is 10.2 Å². The summed E-state index contributed by atoms with van der Waals surface area (Å²) in [6, 6.07) is 12.3. The van der Waals surface area contributed by atoms with Gasteiger partial charge in [0.15, 0.2) is 0 Å². The Morgan fingerprint density at radius 3 is 2.62 bits per heavy atom. The van der Waals surface area contributed by atoms with Crippen molar-refractivity contribution in [2.24, 2.45) is 0 Å². The minimum atomic E-state index is -0.404. The number of nitrogens with zero attached hydrogens (tertiary/aromatic N) is 2. The van der Waals surface area contributed by atoms with Gasteiger partial charge < -0.3 is 13.9 Å². The topological polar surface area (TPSA) is 74.5 Å². The monoisotopic (exact) mass is 388 g/mol. The third-order valence-electron chi connectivity index (χ3n) is 3.31. The number of esters is 1. The number of benzene rings is 2. The zero-order chi connectivity index (χ0) is 16.9. The highest BCUT2D eigenvalue weighted by atomic mass is 79.9. The van der Waals surface area contributed by atoms with Crippen molar-refractivity contribution < 1.29 is 18.7 Å². The van der Waals surface area contributed by atoms with E-state index in [9.17, 15) is 4.79 Å². The van der Waals surface area contributed by atoms with Crippen molar-refractivity contribution in [1.29, 1.82) is 0 Å². The first kappa shape index (κ1) is 16.2. The number of hydrogen-bond acceptors (Lipinski definition) is 6. The molecule has 0 N–H and O–H groups in total. The molecule has 1 aromatic heterocycles. The second-order valence-corrected chi connectivity index (χ2v) is 5.72. The van der Waals surface area contributed by atoms with Crippen LogP contribution in [0.1, 0.15) is 15.9 Å². The van der Waals surface area contributed by atoms with Gasteiger partial charge in [0.1, 0.15) is 12.4 Å². The van der Waals surface area contributed by atoms with Gasteiger partial charge in [0.2, 0.25) is 12.3 Å². The molecule has 0 saturated heterocycles. The molecule has 0 bridgehead atoms. The lowest BCUT2D eigenvalue weighted by atomic mass is 10.1. The highest BCUT2D eigenvalue weighted by Crippen LogP contribution is 2.26. The summed E-state index contributed by atoms with van der Waals surface area (Å²) in [5.41, 5.74) is 2.05. The summed E-state index contributed by atoms with van der Waals surface area (Å²) >= 11 is 3.40. The van der Waals surface area contributed by atoms with Gasteiger partial charge >= 0.3 is 5.97 Å². The van der Waals surface area contributed by atoms with Gasteiger partial charge in [0.05, 0.1) is 17.1 Å². The fourth-order valence-electron chi connectivity index (χ4n) is 2.08. The molecule has 122 valence electrons. The van der Waals surface area contributed by atoms with Gasteiger partial charge in [-0.2, -0.15) is 0 Å². The van der Waals surface area contributed by atoms with Crippen molar-refractivity contribution in [2.45, 2.75) is 6.61 Å². The second kappa shape index (κ2) is 7.27. The lowest BCUT2D eigenvalue weighted by molar-refractivity contribution is 0.0472. The summed E-state index contributed by atoms with van der Waals surface area (Å²) < 4.78 is 16.4. The summed E-state index contributed by atoms with van der Waals surface area (Å²) in [5, 5.41) is 7.43. The van der Waals surface area contributed by atoms with Gasteiger partial charge in [-0.1, -0.05) is 6.07 Å². The molecule has 0 unspecified atom stereocenters. The molecule has 0 radical (unpaired) electrons. The van der Waals surface area contributed by atoms with E-state index < -0.39 is 5.97 Å². The van der Waals surface area contributed by atoms with E-state index in [1.54, 1.807) is 31.4 Å². The highest BCUT2D eigenvalue weighted by Gasteiger charge is 2.10. The minimum Gasteiger partial charge on any atom is -0.496 e. The van der Waals surface area contributed by atoms with Crippen LogP contribution in [0.25, 0.3) is 11.5 Å². The van der Waals surface area contributed by atoms with E-state index in [1.165, 1.54) is 6.39 Å². The molecule has 7 heteroatoms. The third-order valence-corrected chi connectivity index (χ3v) is 3.93. The molecule has 3 aromatic rings. The molecule has 0 saturated carbocycles. The molecule has 6 nitrogen and oxygen atoms in total. The number of methoxy groups -OCH3 is 1. The van der Waals surface area contributed by atoms with E-state index >= 15 is 0 Å². The second-order valence-electron chi connectivity index (χ2n) is 4.87. The third kappa shape index (κ3) is 3.62. The van der Waals surface area contributed by atoms with Gasteiger partial charge in [0, 0.05) is 5.56 Å². The molecule has 24 heavy (non-hydrogen) atoms. The molecule has 0 aliphatic rings. The van der Waals surface area contributed by atoms with Gasteiger partial charge in [-0.3, -0.25) is 0 Å². The van der Waals surface area contributed by atoms with E-state index in [4.69, 9.17) is 13.9 Å². The maximum Gasteiger partial charge on any atom is 0.338 e. The van der Waals surface area contributed by atoms with Crippen molar-refractivity contribution >= 4 is 21.9 Å². The number of halogens is 1. The summed E-state index contributed by atoms with van der Waals surface area (Å²) in [5.74, 6) is 0.721. The number of hydrogen-bond donors (Lipinski definition) is 0. The zero-order valence-electron chi connectivity index (χ0n) is 12.7. The summed E-state index contributed by atoms with van der Waals surface area (Å²) in [6.07, 6.45) is 1.25. The number of carbonyl (C=O) groups excluding carboxylic acids is 1. The average Bonchev–Trinajstić information content (AvgIpc) is 3.14. The van der Waals surface area contributed by atoms with Crippen molar-refractivity contribution in [3.05, 3.63) is 64.5 Å². The maximum atomic E-state index is 12.1. The fourth-order valence-corrected chi connectivity index (χ4v) is 2.67. The van der Waals surface area contributed by atoms with Crippen molar-refractivity contribution in [2.75, 3.05) is 7.11 Å². The number of carbonyl (C=O) groups is 1. The normalized spacial score (nSPS) is 10.4. The molecule has 0 aliphatic carbocycles. The number of rotatable bonds is 5. The Morgan fingerprint density at radius 2 is 2.00 bits per heavy atom. The summed E-state index contributed by atoms with van der Waals surface area (Å²) in [4.78, 5) is 12.1. The fraction of sp³-hybridized carbons (Fsp3) is 0.118. The lowest BCUT2D eigenvalue weighted by Gasteiger charge is -2.08. The SMILES string of the molecule is COc1ccc(COC(=O)c2ccc(-c3nnco3)cc2)cc1Br. The predicted molar refractivity (Wildman–Crippen MR) is 89.5 cm³/mol. The Morgan fingerprint density at radius 1 is 1.21 bits per heavy atom. The maximum absolute atomic E-state index is 12.1. The van der Waals surface area contributed by atoms with Crippen LogP contribution < -0.4 is 4.74 Å². The Bertz CT molecular complexity index is 832. The molecule has 3 rings (SSSR count). The first-order valence-corrected chi connectivity index (χ1v) is 7.83. The lowest BCUT2D eigenvalue weighted by Crippen LogP contribution is -2.05. The van der Waals surface area contributed by atoms with Crippen molar-refractivity contribution in [1.82, 2.24) is 10.2 Å². The molecule has 1 heterocycles. The van der Waals surface area contributed by atoms with Crippen molar-refractivity contribution in [3.63, 3.8) is 0 Å². The Balaban J connectivity index is 1.63. The Kier molecular flexibility index (Phi) is 4.90. The molecular weight excluding hydrogens is 376 g/mol. The van der Waals surface area contributed by atoms with Gasteiger partial charge in [-0.25, -0.2) is 4.79 Å². The van der Waals surface area contributed by atoms with Crippen LogP contribution in [0.15, 0.2) is 57.7 Å². The van der Waals surface area contributed by atoms with Crippen LogP contribution in [0.5, 0.6) is 5.75 Å². The molecular formula is C17H13BrN2O4. The van der Waals surface area contributed by atoms with Crippen LogP contribution in [0.4, 0.5) is 0 Å². The predicted octanol–water partition coefficient (Wildman–Crippen LogP) is 3.86. The Hall–Kier alpha value is -2.67. The van der Waals surface area contributed by atoms with Crippen LogP contribution in [0.2, 0.25) is 0 Å². The van der Waals surface area contributed by atoms with E-state index in [1.807, 2.05) is 18.2 Å². The van der Waals surface area contributed by atoms with Gasteiger partial charge in [0.25, 0.3) is 0 Å². The largest absolute Gasteiger partial charge is 0.496 e. The quantitative estimate of drug-likeness (QED) is 0.617. The summed E-state index contributed by atoms with van der Waals surface area (Å²) in [6.45, 7) is 0.173. The molecule has 0 amide bonds. The minimum absolute atomic E-state index is 0.173.